The summed E-state index contributed by atoms with van der Waals surface area (Å²) < 4.78 is 1.99. The summed E-state index contributed by atoms with van der Waals surface area (Å²) in [7, 11) is 0. The van der Waals surface area contributed by atoms with Crippen LogP contribution in [-0.4, -0.2) is 32.5 Å². The van der Waals surface area contributed by atoms with E-state index in [1.54, 1.807) is 0 Å². The molecule has 3 aromatic rings. The highest BCUT2D eigenvalue weighted by Crippen LogP contribution is 2.29. The fraction of sp³-hybridized carbons (Fsp3) is 0.250. The SMILES string of the molecule is Cc1cccc(-n2c(SCC(=O)NC3CC3)nnc2-c2ccc(Cl)cc2)c1. The molecule has 1 saturated carbocycles. The van der Waals surface area contributed by atoms with E-state index in [4.69, 9.17) is 11.6 Å². The van der Waals surface area contributed by atoms with Crippen LogP contribution in [0.1, 0.15) is 18.4 Å². The van der Waals surface area contributed by atoms with Gasteiger partial charge in [-0.1, -0.05) is 35.5 Å². The van der Waals surface area contributed by atoms with E-state index in [1.165, 1.54) is 11.8 Å². The van der Waals surface area contributed by atoms with Crippen LogP contribution in [-0.2, 0) is 4.79 Å². The van der Waals surface area contributed by atoms with Crippen molar-refractivity contribution in [3.63, 3.8) is 0 Å². The average Bonchev–Trinajstić information content (AvgIpc) is 3.36. The highest BCUT2D eigenvalue weighted by atomic mass is 35.5. The first-order valence-electron chi connectivity index (χ1n) is 8.81. The number of hydrogen-bond donors (Lipinski definition) is 1. The molecule has 1 fully saturated rings. The Morgan fingerprint density at radius 3 is 2.70 bits per heavy atom. The van der Waals surface area contributed by atoms with Crippen molar-refractivity contribution in [1.82, 2.24) is 20.1 Å². The molecule has 0 spiro atoms. The first kappa shape index (κ1) is 18.1. The van der Waals surface area contributed by atoms with Gasteiger partial charge in [0.25, 0.3) is 0 Å². The summed E-state index contributed by atoms with van der Waals surface area (Å²) in [5.74, 6) is 1.08. The lowest BCUT2D eigenvalue weighted by Crippen LogP contribution is -2.27. The number of nitrogens with one attached hydrogen (secondary N) is 1. The van der Waals surface area contributed by atoms with Crippen molar-refractivity contribution in [2.45, 2.75) is 31.0 Å². The van der Waals surface area contributed by atoms with E-state index in [1.807, 2.05) is 54.0 Å². The van der Waals surface area contributed by atoms with Crippen LogP contribution in [0.25, 0.3) is 17.1 Å². The zero-order valence-electron chi connectivity index (χ0n) is 14.9. The quantitative estimate of drug-likeness (QED) is 0.630. The minimum atomic E-state index is 0.0364. The number of hydrogen-bond acceptors (Lipinski definition) is 4. The Kier molecular flexibility index (Phi) is 5.18. The summed E-state index contributed by atoms with van der Waals surface area (Å²) in [6.45, 7) is 2.05. The fourth-order valence-electron chi connectivity index (χ4n) is 2.78. The van der Waals surface area contributed by atoms with Gasteiger partial charge in [-0.05, 0) is 61.7 Å². The predicted octanol–water partition coefficient (Wildman–Crippen LogP) is 4.27. The van der Waals surface area contributed by atoms with Gasteiger partial charge in [-0.25, -0.2) is 0 Å². The number of benzene rings is 2. The molecule has 0 radical (unpaired) electrons. The van der Waals surface area contributed by atoms with Crippen LogP contribution in [0.3, 0.4) is 0 Å². The molecule has 1 heterocycles. The maximum Gasteiger partial charge on any atom is 0.230 e. The van der Waals surface area contributed by atoms with Crippen molar-refractivity contribution in [2.24, 2.45) is 0 Å². The van der Waals surface area contributed by atoms with E-state index in [0.717, 1.165) is 35.5 Å². The lowest BCUT2D eigenvalue weighted by Gasteiger charge is -2.11. The molecule has 1 aromatic heterocycles. The summed E-state index contributed by atoms with van der Waals surface area (Å²) in [5.41, 5.74) is 3.03. The number of halogens is 1. The molecule has 7 heteroatoms. The standard InChI is InChI=1S/C20H19ClN4OS/c1-13-3-2-4-17(11-13)25-19(14-5-7-15(21)8-6-14)23-24-20(25)27-12-18(26)22-16-9-10-16/h2-8,11,16H,9-10,12H2,1H3,(H,22,26). The first-order chi connectivity index (χ1) is 13.1. The molecule has 1 amide bonds. The van der Waals surface area contributed by atoms with Gasteiger partial charge in [-0.2, -0.15) is 0 Å². The summed E-state index contributed by atoms with van der Waals surface area (Å²) in [4.78, 5) is 12.1. The number of aromatic nitrogens is 3. The van der Waals surface area contributed by atoms with Crippen molar-refractivity contribution in [2.75, 3.05) is 5.75 Å². The van der Waals surface area contributed by atoms with Gasteiger partial charge in [-0.3, -0.25) is 9.36 Å². The number of carbonyl (C=O) groups is 1. The van der Waals surface area contributed by atoms with Crippen molar-refractivity contribution >= 4 is 29.3 Å². The molecule has 0 unspecified atom stereocenters. The molecule has 2 aromatic carbocycles. The number of thioether (sulfide) groups is 1. The van der Waals surface area contributed by atoms with E-state index in [-0.39, 0.29) is 5.91 Å². The molecular formula is C20H19ClN4OS. The Morgan fingerprint density at radius 2 is 2.00 bits per heavy atom. The predicted molar refractivity (Wildman–Crippen MR) is 108 cm³/mol. The van der Waals surface area contributed by atoms with Gasteiger partial charge >= 0.3 is 0 Å². The third kappa shape index (κ3) is 4.34. The number of amides is 1. The molecule has 1 aliphatic rings. The molecular weight excluding hydrogens is 380 g/mol. The highest BCUT2D eigenvalue weighted by Gasteiger charge is 2.24. The van der Waals surface area contributed by atoms with Crippen LogP contribution in [0.15, 0.2) is 53.7 Å². The van der Waals surface area contributed by atoms with Crippen molar-refractivity contribution < 1.29 is 4.79 Å². The lowest BCUT2D eigenvalue weighted by atomic mass is 10.2. The van der Waals surface area contributed by atoms with E-state index < -0.39 is 0 Å². The summed E-state index contributed by atoms with van der Waals surface area (Å²) in [6.07, 6.45) is 2.16. The van der Waals surface area contributed by atoms with E-state index in [0.29, 0.717) is 22.0 Å². The first-order valence-corrected chi connectivity index (χ1v) is 10.2. The van der Waals surface area contributed by atoms with Crippen molar-refractivity contribution in [3.05, 3.63) is 59.1 Å². The van der Waals surface area contributed by atoms with Gasteiger partial charge in [0.2, 0.25) is 5.91 Å². The number of rotatable bonds is 6. The zero-order chi connectivity index (χ0) is 18.8. The number of carbonyl (C=O) groups excluding carboxylic acids is 1. The zero-order valence-corrected chi connectivity index (χ0v) is 16.4. The number of nitrogens with zero attached hydrogens (tertiary/aromatic N) is 3. The minimum Gasteiger partial charge on any atom is -0.353 e. The monoisotopic (exact) mass is 398 g/mol. The highest BCUT2D eigenvalue weighted by molar-refractivity contribution is 7.99. The van der Waals surface area contributed by atoms with Crippen LogP contribution in [0.4, 0.5) is 0 Å². The van der Waals surface area contributed by atoms with Crippen molar-refractivity contribution in [3.8, 4) is 17.1 Å². The third-order valence-electron chi connectivity index (χ3n) is 4.27. The van der Waals surface area contributed by atoms with Crippen LogP contribution in [0.5, 0.6) is 0 Å². The Hall–Kier alpha value is -2.31. The van der Waals surface area contributed by atoms with Crippen LogP contribution >= 0.6 is 23.4 Å². The number of aryl methyl sites for hydroxylation is 1. The van der Waals surface area contributed by atoms with E-state index >= 15 is 0 Å². The molecule has 0 bridgehead atoms. The minimum absolute atomic E-state index is 0.0364. The summed E-state index contributed by atoms with van der Waals surface area (Å²) in [6, 6.07) is 16.0. The summed E-state index contributed by atoms with van der Waals surface area (Å²) >= 11 is 7.42. The van der Waals surface area contributed by atoms with Gasteiger partial charge in [0.05, 0.1) is 5.75 Å². The van der Waals surface area contributed by atoms with Crippen LogP contribution in [0.2, 0.25) is 5.02 Å². The van der Waals surface area contributed by atoms with Gasteiger partial charge in [0, 0.05) is 22.3 Å². The van der Waals surface area contributed by atoms with Gasteiger partial charge in [-0.15, -0.1) is 10.2 Å². The molecule has 4 rings (SSSR count). The van der Waals surface area contributed by atoms with E-state index in [9.17, 15) is 4.79 Å². The maximum atomic E-state index is 12.1. The normalized spacial score (nSPS) is 13.6. The maximum absolute atomic E-state index is 12.1. The van der Waals surface area contributed by atoms with Gasteiger partial charge in [0.15, 0.2) is 11.0 Å². The lowest BCUT2D eigenvalue weighted by molar-refractivity contribution is -0.118. The smallest absolute Gasteiger partial charge is 0.230 e. The van der Waals surface area contributed by atoms with E-state index in [2.05, 4.69) is 21.6 Å². The second-order valence-electron chi connectivity index (χ2n) is 6.62. The third-order valence-corrected chi connectivity index (χ3v) is 5.45. The average molecular weight is 399 g/mol. The van der Waals surface area contributed by atoms with Gasteiger partial charge in [0.1, 0.15) is 0 Å². The van der Waals surface area contributed by atoms with Crippen LogP contribution < -0.4 is 5.32 Å². The molecule has 138 valence electrons. The topological polar surface area (TPSA) is 59.8 Å². The molecule has 0 saturated heterocycles. The molecule has 0 aliphatic heterocycles. The Balaban J connectivity index is 1.67. The summed E-state index contributed by atoms with van der Waals surface area (Å²) in [5, 5.41) is 13.1. The van der Waals surface area contributed by atoms with Crippen LogP contribution in [0, 0.1) is 6.92 Å². The van der Waals surface area contributed by atoms with Gasteiger partial charge < -0.3 is 5.32 Å². The Bertz CT molecular complexity index is 966. The molecule has 27 heavy (non-hydrogen) atoms. The largest absolute Gasteiger partial charge is 0.353 e. The molecule has 1 aliphatic carbocycles. The molecule has 0 atom stereocenters. The molecule has 1 N–H and O–H groups in total. The van der Waals surface area contributed by atoms with Crippen molar-refractivity contribution in [1.29, 1.82) is 0 Å². The second-order valence-corrected chi connectivity index (χ2v) is 8.00. The Labute approximate surface area is 167 Å². The Morgan fingerprint density at radius 1 is 1.22 bits per heavy atom. The second kappa shape index (κ2) is 7.74. The fourth-order valence-corrected chi connectivity index (χ4v) is 3.67. The molecule has 5 nitrogen and oxygen atoms in total.